The summed E-state index contributed by atoms with van der Waals surface area (Å²) in [6, 6.07) is 3.02. The first-order valence-corrected chi connectivity index (χ1v) is 7.27. The first-order valence-electron chi connectivity index (χ1n) is 6.15. The van der Waals surface area contributed by atoms with Gasteiger partial charge < -0.3 is 9.64 Å². The molecule has 1 aromatic rings. The highest BCUT2D eigenvalue weighted by atomic mass is 79.9. The van der Waals surface area contributed by atoms with Crippen LogP contribution in [0.2, 0.25) is 0 Å². The maximum atomic E-state index is 13.8. The average Bonchev–Trinajstić information content (AvgIpc) is 2.95. The Kier molecular flexibility index (Phi) is 6.60. The number of hydrogen-bond acceptors (Lipinski definition) is 5. The van der Waals surface area contributed by atoms with E-state index < -0.39 is 5.95 Å². The van der Waals surface area contributed by atoms with Gasteiger partial charge >= 0.3 is 5.97 Å². The van der Waals surface area contributed by atoms with Crippen molar-refractivity contribution in [3.8, 4) is 0 Å². The first-order chi connectivity index (χ1) is 9.56. The highest BCUT2D eigenvalue weighted by Gasteiger charge is 2.30. The molecular weight excluding hydrogens is 363 g/mol. The van der Waals surface area contributed by atoms with Gasteiger partial charge in [-0.3, -0.25) is 9.59 Å². The van der Waals surface area contributed by atoms with Gasteiger partial charge in [-0.2, -0.15) is 17.9 Å². The zero-order valence-corrected chi connectivity index (χ0v) is 14.0. The second-order valence-corrected chi connectivity index (χ2v) is 5.08. The summed E-state index contributed by atoms with van der Waals surface area (Å²) in [6.07, 6.45) is 0.651. The number of ether oxygens (including phenoxy) is 1. The molecule has 0 N–H and O–H groups in total. The van der Waals surface area contributed by atoms with E-state index in [1.807, 2.05) is 4.90 Å². The molecule has 1 atom stereocenters. The zero-order chi connectivity index (χ0) is 14.7. The van der Waals surface area contributed by atoms with Gasteiger partial charge in [-0.15, -0.1) is 0 Å². The Morgan fingerprint density at radius 1 is 1.52 bits per heavy atom. The molecule has 116 valence electrons. The zero-order valence-electron chi connectivity index (χ0n) is 11.4. The number of rotatable bonds is 4. The number of halogens is 2. The number of hydrogen-bond donors (Lipinski definition) is 0. The number of alkyl halides is 1. The minimum Gasteiger partial charge on any atom is -0.469 e. The standard InChI is InChI=1S/C13H14BrFN2O3.H2S/c1-20-13(19)8-4-5-17(7-8)11-3-2-9(10(18)6-14)12(15)16-11;/h2-3,8H,4-7H2,1H3;1H2/t8-;/m0./s1. The normalized spacial score (nSPS) is 17.3. The number of esters is 1. The van der Waals surface area contributed by atoms with Crippen molar-refractivity contribution < 1.29 is 18.7 Å². The fraction of sp³-hybridized carbons (Fsp3) is 0.462. The molecule has 2 heterocycles. The van der Waals surface area contributed by atoms with Crippen LogP contribution in [-0.2, 0) is 9.53 Å². The number of anilines is 1. The Hall–Kier alpha value is -1.15. The van der Waals surface area contributed by atoms with Crippen molar-refractivity contribution in [1.82, 2.24) is 4.98 Å². The predicted octanol–water partition coefficient (Wildman–Crippen LogP) is 1.91. The van der Waals surface area contributed by atoms with Gasteiger partial charge in [0.05, 0.1) is 23.9 Å². The van der Waals surface area contributed by atoms with Crippen LogP contribution >= 0.6 is 29.4 Å². The number of methoxy groups -OCH3 is 1. The Balaban J connectivity index is 0.00000220. The summed E-state index contributed by atoms with van der Waals surface area (Å²) in [7, 11) is 1.35. The van der Waals surface area contributed by atoms with E-state index in [0.29, 0.717) is 25.3 Å². The molecule has 0 saturated carbocycles. The number of ketones is 1. The summed E-state index contributed by atoms with van der Waals surface area (Å²) < 4.78 is 18.5. The Morgan fingerprint density at radius 2 is 2.24 bits per heavy atom. The van der Waals surface area contributed by atoms with Crippen molar-refractivity contribution in [3.05, 3.63) is 23.6 Å². The quantitative estimate of drug-likeness (QED) is 0.346. The summed E-state index contributed by atoms with van der Waals surface area (Å²) in [6.45, 7) is 1.06. The third-order valence-electron chi connectivity index (χ3n) is 3.30. The van der Waals surface area contributed by atoms with Crippen LogP contribution in [0, 0.1) is 11.9 Å². The number of pyridine rings is 1. The highest BCUT2D eigenvalue weighted by molar-refractivity contribution is 9.09. The summed E-state index contributed by atoms with van der Waals surface area (Å²) in [5.41, 5.74) is -0.0330. The lowest BCUT2D eigenvalue weighted by molar-refractivity contribution is -0.144. The molecule has 21 heavy (non-hydrogen) atoms. The Morgan fingerprint density at radius 3 is 2.81 bits per heavy atom. The monoisotopic (exact) mass is 378 g/mol. The smallest absolute Gasteiger partial charge is 0.310 e. The van der Waals surface area contributed by atoms with Crippen LogP contribution < -0.4 is 4.90 Å². The van der Waals surface area contributed by atoms with E-state index in [-0.39, 0.29) is 42.1 Å². The molecule has 0 radical (unpaired) electrons. The fourth-order valence-electron chi connectivity index (χ4n) is 2.21. The molecule has 8 heteroatoms. The Bertz CT molecular complexity index is 544. The molecule has 1 saturated heterocycles. The van der Waals surface area contributed by atoms with Gasteiger partial charge in [0.15, 0.2) is 5.78 Å². The average molecular weight is 379 g/mol. The van der Waals surface area contributed by atoms with E-state index >= 15 is 0 Å². The van der Waals surface area contributed by atoms with E-state index in [4.69, 9.17) is 4.74 Å². The second-order valence-electron chi connectivity index (χ2n) is 4.52. The fourth-order valence-corrected chi connectivity index (χ4v) is 2.51. The minimum absolute atomic E-state index is 0. The van der Waals surface area contributed by atoms with Gasteiger partial charge in [-0.25, -0.2) is 4.98 Å². The molecule has 0 aromatic carbocycles. The topological polar surface area (TPSA) is 59.5 Å². The highest BCUT2D eigenvalue weighted by Crippen LogP contribution is 2.24. The van der Waals surface area contributed by atoms with Crippen molar-refractivity contribution >= 4 is 47.0 Å². The molecule has 1 aliphatic heterocycles. The van der Waals surface area contributed by atoms with Crippen LogP contribution in [0.25, 0.3) is 0 Å². The van der Waals surface area contributed by atoms with Crippen LogP contribution in [0.4, 0.5) is 10.2 Å². The maximum absolute atomic E-state index is 13.8. The third-order valence-corrected chi connectivity index (χ3v) is 3.81. The summed E-state index contributed by atoms with van der Waals surface area (Å²) in [4.78, 5) is 28.5. The van der Waals surface area contributed by atoms with Crippen LogP contribution in [-0.4, -0.2) is 42.3 Å². The lowest BCUT2D eigenvalue weighted by Crippen LogP contribution is -2.24. The number of aromatic nitrogens is 1. The second kappa shape index (κ2) is 7.74. The van der Waals surface area contributed by atoms with E-state index in [0.717, 1.165) is 0 Å². The van der Waals surface area contributed by atoms with Crippen molar-refractivity contribution in [1.29, 1.82) is 0 Å². The Labute approximate surface area is 137 Å². The maximum Gasteiger partial charge on any atom is 0.310 e. The molecule has 0 aliphatic carbocycles. The van der Waals surface area contributed by atoms with E-state index in [1.54, 1.807) is 6.07 Å². The van der Waals surface area contributed by atoms with Crippen molar-refractivity contribution in [2.45, 2.75) is 6.42 Å². The number of carbonyl (C=O) groups excluding carboxylic acids is 2. The van der Waals surface area contributed by atoms with E-state index in [2.05, 4.69) is 20.9 Å². The van der Waals surface area contributed by atoms with Crippen molar-refractivity contribution in [3.63, 3.8) is 0 Å². The van der Waals surface area contributed by atoms with Gasteiger partial charge in [-0.1, -0.05) is 15.9 Å². The number of nitrogens with zero attached hydrogens (tertiary/aromatic N) is 2. The minimum atomic E-state index is -0.784. The molecule has 1 fully saturated rings. The molecule has 0 amide bonds. The summed E-state index contributed by atoms with van der Waals surface area (Å²) in [5, 5.41) is 0.0546. The third kappa shape index (κ3) is 3.94. The van der Waals surface area contributed by atoms with Gasteiger partial charge in [0.2, 0.25) is 5.95 Å². The molecule has 1 aromatic heterocycles. The molecule has 0 bridgehead atoms. The van der Waals surface area contributed by atoms with Crippen LogP contribution in [0.3, 0.4) is 0 Å². The summed E-state index contributed by atoms with van der Waals surface area (Å²) >= 11 is 3.00. The van der Waals surface area contributed by atoms with Gasteiger partial charge in [0, 0.05) is 13.1 Å². The van der Waals surface area contributed by atoms with Gasteiger partial charge in [-0.05, 0) is 18.6 Å². The molecule has 0 unspecified atom stereocenters. The molecule has 1 aliphatic rings. The van der Waals surface area contributed by atoms with E-state index in [9.17, 15) is 14.0 Å². The SMILES string of the molecule is COC(=O)[C@H]1CCN(c2ccc(C(=O)CBr)c(F)n2)C1.S. The largest absolute Gasteiger partial charge is 0.469 e. The van der Waals surface area contributed by atoms with Crippen LogP contribution in [0.15, 0.2) is 12.1 Å². The van der Waals surface area contributed by atoms with Crippen LogP contribution in [0.5, 0.6) is 0 Å². The molecule has 0 spiro atoms. The molecule has 2 rings (SSSR count). The van der Waals surface area contributed by atoms with Crippen molar-refractivity contribution in [2.75, 3.05) is 30.4 Å². The van der Waals surface area contributed by atoms with Crippen LogP contribution in [0.1, 0.15) is 16.8 Å². The number of carbonyl (C=O) groups is 2. The lowest BCUT2D eigenvalue weighted by Gasteiger charge is -2.17. The lowest BCUT2D eigenvalue weighted by atomic mass is 10.1. The molecular formula is C13H16BrFN2O3S. The van der Waals surface area contributed by atoms with Gasteiger partial charge in [0.25, 0.3) is 0 Å². The predicted molar refractivity (Wildman–Crippen MR) is 85.0 cm³/mol. The van der Waals surface area contributed by atoms with E-state index in [1.165, 1.54) is 13.2 Å². The van der Waals surface area contributed by atoms with Crippen molar-refractivity contribution in [2.24, 2.45) is 5.92 Å². The molecule has 5 nitrogen and oxygen atoms in total. The first kappa shape index (κ1) is 17.9. The number of Topliss-reactive ketones (excluding diaryl/α,β-unsaturated/α-hetero) is 1. The van der Waals surface area contributed by atoms with Gasteiger partial charge in [0.1, 0.15) is 5.82 Å². The summed E-state index contributed by atoms with van der Waals surface area (Å²) in [5.74, 6) is -1.18.